The lowest BCUT2D eigenvalue weighted by atomic mass is 9.89. The van der Waals surface area contributed by atoms with Gasteiger partial charge >= 0.3 is 6.03 Å². The summed E-state index contributed by atoms with van der Waals surface area (Å²) in [5.41, 5.74) is 0. The molecule has 1 aliphatic rings. The molecule has 2 heterocycles. The van der Waals surface area contributed by atoms with Crippen molar-refractivity contribution in [1.29, 1.82) is 0 Å². The van der Waals surface area contributed by atoms with Crippen LogP contribution in [0.4, 0.5) is 10.6 Å². The van der Waals surface area contributed by atoms with Crippen LogP contribution >= 0.6 is 0 Å². The van der Waals surface area contributed by atoms with Gasteiger partial charge in [0.25, 0.3) is 0 Å². The van der Waals surface area contributed by atoms with E-state index >= 15 is 0 Å². The number of aromatic nitrogens is 5. The van der Waals surface area contributed by atoms with E-state index in [9.17, 15) is 4.79 Å². The van der Waals surface area contributed by atoms with Crippen molar-refractivity contribution in [2.24, 2.45) is 5.92 Å². The van der Waals surface area contributed by atoms with E-state index in [0.717, 1.165) is 31.2 Å². The molecule has 2 aromatic rings. The molecule has 0 aliphatic heterocycles. The Bertz CT molecular complexity index is 702. The van der Waals surface area contributed by atoms with Gasteiger partial charge < -0.3 is 9.88 Å². The van der Waals surface area contributed by atoms with E-state index in [1.165, 1.54) is 32.1 Å². The zero-order valence-electron chi connectivity index (χ0n) is 15.7. The van der Waals surface area contributed by atoms with E-state index in [2.05, 4.69) is 32.9 Å². The second-order valence-corrected chi connectivity index (χ2v) is 7.11. The zero-order valence-corrected chi connectivity index (χ0v) is 15.7. The van der Waals surface area contributed by atoms with Gasteiger partial charge in [0.15, 0.2) is 5.82 Å². The van der Waals surface area contributed by atoms with Crippen molar-refractivity contribution in [3.05, 3.63) is 24.4 Å². The second-order valence-electron chi connectivity index (χ2n) is 7.11. The monoisotopic (exact) mass is 359 g/mol. The normalized spacial score (nSPS) is 16.4. The van der Waals surface area contributed by atoms with Gasteiger partial charge in [0, 0.05) is 19.2 Å². The number of hydrogen-bond donors (Lipinski definition) is 2. The van der Waals surface area contributed by atoms with Crippen LogP contribution in [0.1, 0.15) is 64.2 Å². The van der Waals surface area contributed by atoms with Gasteiger partial charge in [-0.3, -0.25) is 5.32 Å². The molecule has 0 radical (unpaired) electrons. The van der Waals surface area contributed by atoms with Gasteiger partial charge in [-0.2, -0.15) is 5.10 Å². The zero-order chi connectivity index (χ0) is 18.4. The van der Waals surface area contributed by atoms with Gasteiger partial charge in [0.1, 0.15) is 12.1 Å². The molecule has 0 unspecified atom stereocenters. The number of nitrogens with one attached hydrogen (secondary N) is 2. The Balaban J connectivity index is 1.56. The van der Waals surface area contributed by atoms with Gasteiger partial charge in [0.2, 0.25) is 0 Å². The smallest absolute Gasteiger partial charge is 0.320 e. The van der Waals surface area contributed by atoms with Crippen molar-refractivity contribution < 1.29 is 4.79 Å². The third kappa shape index (κ3) is 4.62. The van der Waals surface area contributed by atoms with Gasteiger partial charge in [-0.15, -0.1) is 10.2 Å². The van der Waals surface area contributed by atoms with Crippen molar-refractivity contribution in [2.75, 3.05) is 5.32 Å². The Morgan fingerprint density at radius 1 is 1.35 bits per heavy atom. The first-order valence-corrected chi connectivity index (χ1v) is 9.64. The highest BCUT2D eigenvalue weighted by molar-refractivity contribution is 5.88. The molecular formula is C18H29N7O. The molecule has 8 nitrogen and oxygen atoms in total. The van der Waals surface area contributed by atoms with E-state index in [1.807, 2.05) is 22.2 Å². The molecular weight excluding hydrogens is 330 g/mol. The molecule has 1 saturated carbocycles. The third-order valence-corrected chi connectivity index (χ3v) is 4.96. The molecule has 0 bridgehead atoms. The maximum atomic E-state index is 12.4. The number of aryl methyl sites for hydroxylation is 1. The van der Waals surface area contributed by atoms with Crippen molar-refractivity contribution in [2.45, 2.75) is 71.5 Å². The Kier molecular flexibility index (Phi) is 6.25. The highest BCUT2D eigenvalue weighted by Crippen LogP contribution is 2.25. The molecule has 0 saturated heterocycles. The maximum Gasteiger partial charge on any atom is 0.320 e. The van der Waals surface area contributed by atoms with Gasteiger partial charge in [-0.05, 0) is 32.1 Å². The van der Waals surface area contributed by atoms with Crippen LogP contribution in [0, 0.1) is 5.92 Å². The summed E-state index contributed by atoms with van der Waals surface area (Å²) in [4.78, 5) is 12.4. The Hall–Kier alpha value is -2.38. The minimum Gasteiger partial charge on any atom is -0.328 e. The van der Waals surface area contributed by atoms with E-state index in [1.54, 1.807) is 12.5 Å². The predicted octanol–water partition coefficient (Wildman–Crippen LogP) is 3.35. The first-order valence-electron chi connectivity index (χ1n) is 9.64. The predicted molar refractivity (Wildman–Crippen MR) is 99.7 cm³/mol. The Morgan fingerprint density at radius 3 is 2.92 bits per heavy atom. The van der Waals surface area contributed by atoms with Crippen LogP contribution in [0.2, 0.25) is 0 Å². The van der Waals surface area contributed by atoms with Crippen LogP contribution in [0.25, 0.3) is 0 Å². The van der Waals surface area contributed by atoms with E-state index in [0.29, 0.717) is 5.92 Å². The summed E-state index contributed by atoms with van der Waals surface area (Å²) in [5, 5.41) is 18.3. The summed E-state index contributed by atoms with van der Waals surface area (Å²) >= 11 is 0. The Morgan fingerprint density at radius 2 is 2.15 bits per heavy atom. The fourth-order valence-corrected chi connectivity index (χ4v) is 3.62. The average Bonchev–Trinajstić information content (AvgIpc) is 3.26. The second kappa shape index (κ2) is 8.82. The highest BCUT2D eigenvalue weighted by atomic mass is 16.2. The summed E-state index contributed by atoms with van der Waals surface area (Å²) in [6.45, 7) is 5.71. The maximum absolute atomic E-state index is 12.4. The average molecular weight is 359 g/mol. The topological polar surface area (TPSA) is 89.7 Å². The SMILES string of the molecule is CCCn1cnnc1[C@@H](C)NC(=O)Nc1ccnn1CC1CCCCC1. The summed E-state index contributed by atoms with van der Waals surface area (Å²) in [6, 6.07) is 1.36. The Labute approximate surface area is 154 Å². The summed E-state index contributed by atoms with van der Waals surface area (Å²) in [6.07, 6.45) is 10.9. The fourth-order valence-electron chi connectivity index (χ4n) is 3.62. The third-order valence-electron chi connectivity index (χ3n) is 4.96. The molecule has 1 fully saturated rings. The number of anilines is 1. The van der Waals surface area contributed by atoms with Gasteiger partial charge in [-0.1, -0.05) is 26.2 Å². The van der Waals surface area contributed by atoms with Gasteiger partial charge in [-0.25, -0.2) is 9.48 Å². The first-order chi connectivity index (χ1) is 12.7. The summed E-state index contributed by atoms with van der Waals surface area (Å²) < 4.78 is 3.87. The molecule has 3 rings (SSSR count). The number of rotatable bonds is 7. The molecule has 2 amide bonds. The number of amides is 2. The molecule has 1 aliphatic carbocycles. The van der Waals surface area contributed by atoms with Crippen molar-refractivity contribution in [1.82, 2.24) is 29.9 Å². The molecule has 0 spiro atoms. The molecule has 26 heavy (non-hydrogen) atoms. The lowest BCUT2D eigenvalue weighted by Crippen LogP contribution is -2.33. The highest BCUT2D eigenvalue weighted by Gasteiger charge is 2.18. The van der Waals surface area contributed by atoms with Crippen LogP contribution in [-0.4, -0.2) is 30.6 Å². The lowest BCUT2D eigenvalue weighted by Gasteiger charge is -2.22. The summed E-state index contributed by atoms with van der Waals surface area (Å²) in [5.74, 6) is 2.15. The number of hydrogen-bond acceptors (Lipinski definition) is 4. The van der Waals surface area contributed by atoms with Crippen LogP contribution in [0.15, 0.2) is 18.6 Å². The minimum atomic E-state index is -0.256. The molecule has 0 aromatic carbocycles. The van der Waals surface area contributed by atoms with E-state index in [4.69, 9.17) is 0 Å². The van der Waals surface area contributed by atoms with Crippen LogP contribution in [0.3, 0.4) is 0 Å². The molecule has 1 atom stereocenters. The lowest BCUT2D eigenvalue weighted by molar-refractivity contribution is 0.248. The number of carbonyl (C=O) groups excluding carboxylic acids is 1. The first kappa shape index (κ1) is 18.4. The van der Waals surface area contributed by atoms with E-state index < -0.39 is 0 Å². The standard InChI is InChI=1S/C18H29N7O/c1-3-11-24-13-19-23-17(24)14(2)21-18(26)22-16-9-10-20-25(16)12-15-7-5-4-6-8-15/h9-10,13-15H,3-8,11-12H2,1-2H3,(H2,21,22,26)/t14-/m1/s1. The van der Waals surface area contributed by atoms with Crippen LogP contribution in [-0.2, 0) is 13.1 Å². The van der Waals surface area contributed by atoms with Crippen LogP contribution in [0.5, 0.6) is 0 Å². The minimum absolute atomic E-state index is 0.223. The number of carbonyl (C=O) groups is 1. The molecule has 2 aromatic heterocycles. The van der Waals surface area contributed by atoms with Crippen molar-refractivity contribution in [3.8, 4) is 0 Å². The number of nitrogens with zero attached hydrogens (tertiary/aromatic N) is 5. The quantitative estimate of drug-likeness (QED) is 0.793. The fraction of sp³-hybridized carbons (Fsp3) is 0.667. The molecule has 8 heteroatoms. The molecule has 142 valence electrons. The number of urea groups is 1. The van der Waals surface area contributed by atoms with Crippen LogP contribution < -0.4 is 10.6 Å². The van der Waals surface area contributed by atoms with Gasteiger partial charge in [0.05, 0.1) is 12.2 Å². The van der Waals surface area contributed by atoms with E-state index in [-0.39, 0.29) is 12.1 Å². The summed E-state index contributed by atoms with van der Waals surface area (Å²) in [7, 11) is 0. The van der Waals surface area contributed by atoms with Crippen molar-refractivity contribution >= 4 is 11.8 Å². The largest absolute Gasteiger partial charge is 0.328 e. The molecule has 2 N–H and O–H groups in total. The van der Waals surface area contributed by atoms with Crippen molar-refractivity contribution in [3.63, 3.8) is 0 Å².